The van der Waals surface area contributed by atoms with Crippen LogP contribution in [0.5, 0.6) is 0 Å². The molecule has 18 heavy (non-hydrogen) atoms. The van der Waals surface area contributed by atoms with Gasteiger partial charge in [-0.25, -0.2) is 9.97 Å². The number of aryl methyl sites for hydroxylation is 1. The largest absolute Gasteiger partial charge is 0.226 e. The number of hydrogen-bond donors (Lipinski definition) is 0. The minimum Gasteiger partial charge on any atom is -0.226 e. The van der Waals surface area contributed by atoms with Crippen molar-refractivity contribution in [3.05, 3.63) is 59.5 Å². The Kier molecular flexibility index (Phi) is 2.73. The fourth-order valence-electron chi connectivity index (χ4n) is 2.13. The molecule has 2 nitrogen and oxygen atoms in total. The Bertz CT molecular complexity index is 717. The van der Waals surface area contributed by atoms with E-state index in [0.717, 1.165) is 16.8 Å². The lowest BCUT2D eigenvalue weighted by Crippen LogP contribution is -1.92. The Balaban J connectivity index is 2.35. The summed E-state index contributed by atoms with van der Waals surface area (Å²) in [6, 6.07) is 14.4. The highest BCUT2D eigenvalue weighted by molar-refractivity contribution is 6.28. The SMILES string of the molecule is Cc1cnc(Cl)nc1-c1cccc2ccccc12. The van der Waals surface area contributed by atoms with Gasteiger partial charge in [0.2, 0.25) is 5.28 Å². The van der Waals surface area contributed by atoms with Crippen molar-refractivity contribution in [1.82, 2.24) is 9.97 Å². The minimum absolute atomic E-state index is 0.281. The molecule has 0 unspecified atom stereocenters. The Hall–Kier alpha value is -1.93. The van der Waals surface area contributed by atoms with E-state index >= 15 is 0 Å². The molecule has 0 radical (unpaired) electrons. The van der Waals surface area contributed by atoms with Crippen molar-refractivity contribution >= 4 is 22.4 Å². The molecule has 0 bridgehead atoms. The molecule has 0 aliphatic heterocycles. The van der Waals surface area contributed by atoms with Gasteiger partial charge in [0.1, 0.15) is 0 Å². The maximum atomic E-state index is 5.90. The van der Waals surface area contributed by atoms with Gasteiger partial charge in [-0.2, -0.15) is 0 Å². The highest BCUT2D eigenvalue weighted by Gasteiger charge is 2.08. The summed E-state index contributed by atoms with van der Waals surface area (Å²) in [4.78, 5) is 8.35. The van der Waals surface area contributed by atoms with E-state index in [1.54, 1.807) is 6.20 Å². The molecule has 0 aliphatic carbocycles. The Labute approximate surface area is 110 Å². The summed E-state index contributed by atoms with van der Waals surface area (Å²) < 4.78 is 0. The van der Waals surface area contributed by atoms with Crippen molar-refractivity contribution in [3.63, 3.8) is 0 Å². The molecule has 1 aromatic heterocycles. The standard InChI is InChI=1S/C15H11ClN2/c1-10-9-17-15(16)18-14(10)13-8-4-6-11-5-2-3-7-12(11)13/h2-9H,1H3. The van der Waals surface area contributed by atoms with E-state index in [1.165, 1.54) is 10.8 Å². The van der Waals surface area contributed by atoms with E-state index in [9.17, 15) is 0 Å². The van der Waals surface area contributed by atoms with Gasteiger partial charge < -0.3 is 0 Å². The van der Waals surface area contributed by atoms with Crippen LogP contribution in [0.15, 0.2) is 48.7 Å². The van der Waals surface area contributed by atoms with E-state index in [2.05, 4.69) is 34.2 Å². The zero-order chi connectivity index (χ0) is 12.5. The molecule has 0 spiro atoms. The molecule has 88 valence electrons. The average Bonchev–Trinajstić information content (AvgIpc) is 2.41. The second kappa shape index (κ2) is 4.39. The normalized spacial score (nSPS) is 10.8. The number of nitrogens with zero attached hydrogens (tertiary/aromatic N) is 2. The highest BCUT2D eigenvalue weighted by Crippen LogP contribution is 2.29. The van der Waals surface area contributed by atoms with Gasteiger partial charge in [0, 0.05) is 11.8 Å². The molecule has 2 aromatic carbocycles. The van der Waals surface area contributed by atoms with Crippen LogP contribution in [0.2, 0.25) is 5.28 Å². The van der Waals surface area contributed by atoms with E-state index < -0.39 is 0 Å². The molecule has 1 heterocycles. The zero-order valence-electron chi connectivity index (χ0n) is 9.89. The number of aromatic nitrogens is 2. The summed E-state index contributed by atoms with van der Waals surface area (Å²) in [6.07, 6.45) is 1.76. The first-order valence-electron chi connectivity index (χ1n) is 5.73. The van der Waals surface area contributed by atoms with Gasteiger partial charge in [-0.15, -0.1) is 0 Å². The molecule has 0 saturated carbocycles. The quantitative estimate of drug-likeness (QED) is 0.607. The molecule has 0 amide bonds. The third-order valence-corrected chi connectivity index (χ3v) is 3.17. The minimum atomic E-state index is 0.281. The third kappa shape index (κ3) is 1.85. The Morgan fingerprint density at radius 1 is 1.00 bits per heavy atom. The van der Waals surface area contributed by atoms with Crippen LogP contribution in [0.1, 0.15) is 5.56 Å². The van der Waals surface area contributed by atoms with Crippen LogP contribution in [-0.4, -0.2) is 9.97 Å². The van der Waals surface area contributed by atoms with Crippen LogP contribution < -0.4 is 0 Å². The lowest BCUT2D eigenvalue weighted by Gasteiger charge is -2.08. The number of fused-ring (bicyclic) bond motifs is 1. The molecule has 0 atom stereocenters. The van der Waals surface area contributed by atoms with Crippen LogP contribution >= 0.6 is 11.6 Å². The number of rotatable bonds is 1. The predicted molar refractivity (Wildman–Crippen MR) is 74.7 cm³/mol. The van der Waals surface area contributed by atoms with Gasteiger partial charge in [-0.05, 0) is 34.9 Å². The van der Waals surface area contributed by atoms with Crippen LogP contribution in [0.25, 0.3) is 22.0 Å². The van der Waals surface area contributed by atoms with E-state index in [0.29, 0.717) is 0 Å². The monoisotopic (exact) mass is 254 g/mol. The van der Waals surface area contributed by atoms with E-state index in [4.69, 9.17) is 11.6 Å². The lowest BCUT2D eigenvalue weighted by molar-refractivity contribution is 1.14. The maximum absolute atomic E-state index is 5.90. The first kappa shape index (κ1) is 11.2. The molecule has 3 aromatic rings. The Morgan fingerprint density at radius 3 is 2.67 bits per heavy atom. The molecular formula is C15H11ClN2. The van der Waals surface area contributed by atoms with Gasteiger partial charge in [0.05, 0.1) is 5.69 Å². The van der Waals surface area contributed by atoms with Crippen molar-refractivity contribution in [1.29, 1.82) is 0 Å². The summed E-state index contributed by atoms with van der Waals surface area (Å²) in [7, 11) is 0. The number of hydrogen-bond acceptors (Lipinski definition) is 2. The van der Waals surface area contributed by atoms with Crippen LogP contribution in [-0.2, 0) is 0 Å². The fraction of sp³-hybridized carbons (Fsp3) is 0.0667. The predicted octanol–water partition coefficient (Wildman–Crippen LogP) is 4.26. The summed E-state index contributed by atoms with van der Waals surface area (Å²) in [5.41, 5.74) is 3.01. The van der Waals surface area contributed by atoms with Crippen molar-refractivity contribution in [2.24, 2.45) is 0 Å². The van der Waals surface area contributed by atoms with Crippen molar-refractivity contribution < 1.29 is 0 Å². The summed E-state index contributed by atoms with van der Waals surface area (Å²) >= 11 is 5.90. The van der Waals surface area contributed by atoms with Gasteiger partial charge in [-0.3, -0.25) is 0 Å². The van der Waals surface area contributed by atoms with Crippen LogP contribution in [0.4, 0.5) is 0 Å². The van der Waals surface area contributed by atoms with E-state index in [-0.39, 0.29) is 5.28 Å². The molecule has 0 fully saturated rings. The van der Waals surface area contributed by atoms with Crippen LogP contribution in [0.3, 0.4) is 0 Å². The van der Waals surface area contributed by atoms with Gasteiger partial charge in [0.15, 0.2) is 0 Å². The molecule has 0 aliphatic rings. The van der Waals surface area contributed by atoms with Gasteiger partial charge >= 0.3 is 0 Å². The maximum Gasteiger partial charge on any atom is 0.222 e. The first-order valence-corrected chi connectivity index (χ1v) is 6.11. The third-order valence-electron chi connectivity index (χ3n) is 2.99. The molecular weight excluding hydrogens is 244 g/mol. The summed E-state index contributed by atoms with van der Waals surface area (Å²) in [5, 5.41) is 2.66. The second-order valence-corrected chi connectivity index (χ2v) is 4.54. The smallest absolute Gasteiger partial charge is 0.222 e. The average molecular weight is 255 g/mol. The van der Waals surface area contributed by atoms with Crippen molar-refractivity contribution in [3.8, 4) is 11.3 Å². The molecule has 0 N–H and O–H groups in total. The summed E-state index contributed by atoms with van der Waals surface area (Å²) in [5.74, 6) is 0. The highest BCUT2D eigenvalue weighted by atomic mass is 35.5. The zero-order valence-corrected chi connectivity index (χ0v) is 10.6. The lowest BCUT2D eigenvalue weighted by atomic mass is 10.0. The Morgan fingerprint density at radius 2 is 1.78 bits per heavy atom. The molecule has 3 heteroatoms. The van der Waals surface area contributed by atoms with Crippen LogP contribution in [0, 0.1) is 6.92 Å². The first-order chi connectivity index (χ1) is 8.75. The fourth-order valence-corrected chi connectivity index (χ4v) is 2.26. The van der Waals surface area contributed by atoms with Gasteiger partial charge in [-0.1, -0.05) is 42.5 Å². The van der Waals surface area contributed by atoms with Crippen molar-refractivity contribution in [2.75, 3.05) is 0 Å². The van der Waals surface area contributed by atoms with Gasteiger partial charge in [0.25, 0.3) is 0 Å². The number of halogens is 1. The summed E-state index contributed by atoms with van der Waals surface area (Å²) in [6.45, 7) is 1.99. The topological polar surface area (TPSA) is 25.8 Å². The molecule has 0 saturated heterocycles. The number of benzene rings is 2. The van der Waals surface area contributed by atoms with E-state index in [1.807, 2.05) is 25.1 Å². The molecule has 3 rings (SSSR count). The van der Waals surface area contributed by atoms with Crippen molar-refractivity contribution in [2.45, 2.75) is 6.92 Å². The second-order valence-electron chi connectivity index (χ2n) is 4.20.